The van der Waals surface area contributed by atoms with Gasteiger partial charge in [0.1, 0.15) is 5.75 Å². The molecule has 1 aliphatic heterocycles. The number of rotatable bonds is 7. The van der Waals surface area contributed by atoms with Crippen LogP contribution in [0.4, 0.5) is 0 Å². The van der Waals surface area contributed by atoms with Crippen LogP contribution < -0.4 is 10.1 Å². The van der Waals surface area contributed by atoms with Gasteiger partial charge in [-0.1, -0.05) is 31.0 Å². The van der Waals surface area contributed by atoms with Crippen molar-refractivity contribution in [3.63, 3.8) is 0 Å². The summed E-state index contributed by atoms with van der Waals surface area (Å²) in [6.45, 7) is 7.03. The molecule has 1 aliphatic rings. The third-order valence-electron chi connectivity index (χ3n) is 3.93. The molecule has 0 fully saturated rings. The molecule has 122 valence electrons. The summed E-state index contributed by atoms with van der Waals surface area (Å²) in [4.78, 5) is 12.2. The van der Waals surface area contributed by atoms with E-state index in [4.69, 9.17) is 4.74 Å². The predicted molar refractivity (Wildman–Crippen MR) is 93.8 cm³/mol. The van der Waals surface area contributed by atoms with Crippen LogP contribution in [0.3, 0.4) is 0 Å². The predicted octanol–water partition coefficient (Wildman–Crippen LogP) is 4.17. The van der Waals surface area contributed by atoms with Gasteiger partial charge in [0.2, 0.25) is 5.91 Å². The molecule has 3 nitrogen and oxygen atoms in total. The highest BCUT2D eigenvalue weighted by Crippen LogP contribution is 2.35. The SMILES string of the molecule is CCCCSCCC(=O)NC1CCOc2c(C)cc(C)cc21. The maximum absolute atomic E-state index is 12.2. The molecule has 0 bridgehead atoms. The van der Waals surface area contributed by atoms with Crippen LogP contribution in [0.5, 0.6) is 5.75 Å². The van der Waals surface area contributed by atoms with Gasteiger partial charge in [0.25, 0.3) is 0 Å². The Morgan fingerprint density at radius 3 is 2.95 bits per heavy atom. The third-order valence-corrected chi connectivity index (χ3v) is 5.00. The topological polar surface area (TPSA) is 38.3 Å². The van der Waals surface area contributed by atoms with Crippen LogP contribution in [0.25, 0.3) is 0 Å². The van der Waals surface area contributed by atoms with Gasteiger partial charge in [0.05, 0.1) is 12.6 Å². The van der Waals surface area contributed by atoms with Crippen molar-refractivity contribution in [3.05, 3.63) is 28.8 Å². The van der Waals surface area contributed by atoms with E-state index in [0.29, 0.717) is 13.0 Å². The van der Waals surface area contributed by atoms with Gasteiger partial charge < -0.3 is 10.1 Å². The Morgan fingerprint density at radius 2 is 2.18 bits per heavy atom. The van der Waals surface area contributed by atoms with Gasteiger partial charge in [-0.2, -0.15) is 11.8 Å². The van der Waals surface area contributed by atoms with Crippen molar-refractivity contribution in [2.45, 2.75) is 52.5 Å². The Bertz CT molecular complexity index is 516. The van der Waals surface area contributed by atoms with Crippen molar-refractivity contribution in [3.8, 4) is 5.75 Å². The van der Waals surface area contributed by atoms with Gasteiger partial charge in [-0.25, -0.2) is 0 Å². The van der Waals surface area contributed by atoms with E-state index >= 15 is 0 Å². The summed E-state index contributed by atoms with van der Waals surface area (Å²) in [5, 5.41) is 3.19. The molecule has 0 saturated heterocycles. The second-order valence-corrected chi connectivity index (χ2v) is 7.20. The van der Waals surface area contributed by atoms with Crippen LogP contribution in [0.1, 0.15) is 55.3 Å². The molecule has 1 amide bonds. The molecule has 4 heteroatoms. The molecule has 1 unspecified atom stereocenters. The number of carbonyl (C=O) groups excluding carboxylic acids is 1. The second kappa shape index (κ2) is 8.47. The molecule has 0 aromatic heterocycles. The summed E-state index contributed by atoms with van der Waals surface area (Å²) in [7, 11) is 0. The van der Waals surface area contributed by atoms with Gasteiger partial charge in [-0.3, -0.25) is 4.79 Å². The molecule has 0 radical (unpaired) electrons. The highest BCUT2D eigenvalue weighted by atomic mass is 32.2. The van der Waals surface area contributed by atoms with E-state index in [9.17, 15) is 4.79 Å². The maximum atomic E-state index is 12.2. The number of nitrogens with one attached hydrogen (secondary N) is 1. The molecule has 1 aromatic carbocycles. The van der Waals surface area contributed by atoms with Crippen molar-refractivity contribution < 1.29 is 9.53 Å². The molecule has 2 rings (SSSR count). The Balaban J connectivity index is 1.90. The fraction of sp³-hybridized carbons (Fsp3) is 0.611. The van der Waals surface area contributed by atoms with Crippen LogP contribution >= 0.6 is 11.8 Å². The lowest BCUT2D eigenvalue weighted by Crippen LogP contribution is -2.32. The first kappa shape index (κ1) is 17.2. The minimum absolute atomic E-state index is 0.0930. The standard InChI is InChI=1S/C18H27NO2S/c1-4-5-9-22-10-7-17(20)19-16-6-8-21-18-14(3)11-13(2)12-15(16)18/h11-12,16H,4-10H2,1-3H3,(H,19,20). The lowest BCUT2D eigenvalue weighted by Gasteiger charge is -2.28. The number of hydrogen-bond donors (Lipinski definition) is 1. The number of carbonyl (C=O) groups is 1. The summed E-state index contributed by atoms with van der Waals surface area (Å²) >= 11 is 1.87. The van der Waals surface area contributed by atoms with E-state index < -0.39 is 0 Å². The molecule has 1 heterocycles. The number of unbranched alkanes of at least 4 members (excludes halogenated alkanes) is 1. The number of ether oxygens (including phenoxy) is 1. The lowest BCUT2D eigenvalue weighted by molar-refractivity contribution is -0.121. The number of aryl methyl sites for hydroxylation is 2. The molecule has 1 atom stereocenters. The van der Waals surface area contributed by atoms with Crippen molar-refractivity contribution in [1.29, 1.82) is 0 Å². The molecule has 1 aromatic rings. The van der Waals surface area contributed by atoms with Crippen molar-refractivity contribution in [2.75, 3.05) is 18.1 Å². The minimum atomic E-state index is 0.0930. The molecular weight excluding hydrogens is 294 g/mol. The Hall–Kier alpha value is -1.16. The van der Waals surface area contributed by atoms with Crippen LogP contribution in [-0.2, 0) is 4.79 Å². The highest BCUT2D eigenvalue weighted by Gasteiger charge is 2.24. The summed E-state index contributed by atoms with van der Waals surface area (Å²) in [6.07, 6.45) is 3.91. The molecule has 22 heavy (non-hydrogen) atoms. The summed E-state index contributed by atoms with van der Waals surface area (Å²) in [5.41, 5.74) is 3.51. The smallest absolute Gasteiger partial charge is 0.221 e. The first-order chi connectivity index (χ1) is 10.6. The fourth-order valence-corrected chi connectivity index (χ4v) is 3.83. The Labute approximate surface area is 138 Å². The first-order valence-electron chi connectivity index (χ1n) is 8.23. The monoisotopic (exact) mass is 321 g/mol. The summed E-state index contributed by atoms with van der Waals surface area (Å²) in [6, 6.07) is 4.37. The van der Waals surface area contributed by atoms with Crippen molar-refractivity contribution >= 4 is 17.7 Å². The van der Waals surface area contributed by atoms with Crippen LogP contribution in [0.15, 0.2) is 12.1 Å². The quantitative estimate of drug-likeness (QED) is 0.766. The maximum Gasteiger partial charge on any atom is 0.221 e. The highest BCUT2D eigenvalue weighted by molar-refractivity contribution is 7.99. The number of thioether (sulfide) groups is 1. The molecule has 0 saturated carbocycles. The average molecular weight is 321 g/mol. The van der Waals surface area contributed by atoms with Gasteiger partial charge in [-0.15, -0.1) is 0 Å². The van der Waals surface area contributed by atoms with Gasteiger partial charge in [-0.05, 0) is 31.6 Å². The number of benzene rings is 1. The van der Waals surface area contributed by atoms with E-state index in [-0.39, 0.29) is 11.9 Å². The van der Waals surface area contributed by atoms with Gasteiger partial charge in [0.15, 0.2) is 0 Å². The molecule has 0 aliphatic carbocycles. The molecule has 1 N–H and O–H groups in total. The van der Waals surface area contributed by atoms with Crippen LogP contribution in [0.2, 0.25) is 0 Å². The fourth-order valence-electron chi connectivity index (χ4n) is 2.81. The average Bonchev–Trinajstić information content (AvgIpc) is 2.48. The third kappa shape index (κ3) is 4.67. The molecule has 0 spiro atoms. The van der Waals surface area contributed by atoms with E-state index in [2.05, 4.69) is 38.2 Å². The van der Waals surface area contributed by atoms with Crippen LogP contribution in [0, 0.1) is 13.8 Å². The zero-order valence-electron chi connectivity index (χ0n) is 13.9. The number of amides is 1. The Morgan fingerprint density at radius 1 is 1.36 bits per heavy atom. The summed E-state index contributed by atoms with van der Waals surface area (Å²) < 4.78 is 5.79. The lowest BCUT2D eigenvalue weighted by atomic mass is 9.95. The van der Waals surface area contributed by atoms with Gasteiger partial charge >= 0.3 is 0 Å². The van der Waals surface area contributed by atoms with E-state index in [1.807, 2.05) is 11.8 Å². The van der Waals surface area contributed by atoms with Crippen LogP contribution in [-0.4, -0.2) is 24.0 Å². The van der Waals surface area contributed by atoms with E-state index in [1.54, 1.807) is 0 Å². The number of hydrogen-bond acceptors (Lipinski definition) is 3. The minimum Gasteiger partial charge on any atom is -0.493 e. The summed E-state index contributed by atoms with van der Waals surface area (Å²) in [5.74, 6) is 3.18. The first-order valence-corrected chi connectivity index (χ1v) is 9.38. The zero-order chi connectivity index (χ0) is 15.9. The van der Waals surface area contributed by atoms with Crippen molar-refractivity contribution in [1.82, 2.24) is 5.32 Å². The van der Waals surface area contributed by atoms with Crippen molar-refractivity contribution in [2.24, 2.45) is 0 Å². The van der Waals surface area contributed by atoms with E-state index in [1.165, 1.54) is 18.4 Å². The second-order valence-electron chi connectivity index (χ2n) is 5.97. The normalized spacial score (nSPS) is 16.8. The largest absolute Gasteiger partial charge is 0.493 e. The molecular formula is C18H27NO2S. The number of fused-ring (bicyclic) bond motifs is 1. The van der Waals surface area contributed by atoms with E-state index in [0.717, 1.165) is 34.8 Å². The zero-order valence-corrected chi connectivity index (χ0v) is 14.7. The van der Waals surface area contributed by atoms with Gasteiger partial charge in [0, 0.05) is 24.2 Å². The Kier molecular flexibility index (Phi) is 6.62.